The predicted octanol–water partition coefficient (Wildman–Crippen LogP) is 2.71. The number of alkyl halides is 1. The van der Waals surface area contributed by atoms with Crippen LogP contribution in [-0.2, 0) is 0 Å². The van der Waals surface area contributed by atoms with Crippen molar-refractivity contribution in [3.05, 3.63) is 0 Å². The summed E-state index contributed by atoms with van der Waals surface area (Å²) in [7, 11) is 0. The first-order chi connectivity index (χ1) is 4.81. The summed E-state index contributed by atoms with van der Waals surface area (Å²) in [6.45, 7) is 6.37. The van der Waals surface area contributed by atoms with Crippen LogP contribution >= 0.6 is 15.9 Å². The summed E-state index contributed by atoms with van der Waals surface area (Å²) in [6.07, 6.45) is 2.97. The summed E-state index contributed by atoms with van der Waals surface area (Å²) < 4.78 is 0. The van der Waals surface area contributed by atoms with Crippen molar-refractivity contribution >= 4 is 15.9 Å². The van der Waals surface area contributed by atoms with Gasteiger partial charge >= 0.3 is 0 Å². The van der Waals surface area contributed by atoms with Gasteiger partial charge in [-0.25, -0.2) is 0 Å². The van der Waals surface area contributed by atoms with Crippen LogP contribution in [-0.4, -0.2) is 15.5 Å². The van der Waals surface area contributed by atoms with Crippen LogP contribution in [0.2, 0.25) is 0 Å². The monoisotopic (exact) mass is 220 g/mol. The lowest BCUT2D eigenvalue weighted by Crippen LogP contribution is -2.40. The highest BCUT2D eigenvalue weighted by molar-refractivity contribution is 9.09. The lowest BCUT2D eigenvalue weighted by atomic mass is 9.70. The van der Waals surface area contributed by atoms with E-state index in [1.165, 1.54) is 6.42 Å². The molecule has 1 aliphatic rings. The molecule has 1 fully saturated rings. The van der Waals surface area contributed by atoms with Gasteiger partial charge in [0.1, 0.15) is 0 Å². The van der Waals surface area contributed by atoms with Crippen molar-refractivity contribution in [2.75, 3.05) is 0 Å². The van der Waals surface area contributed by atoms with E-state index in [0.717, 1.165) is 12.8 Å². The van der Waals surface area contributed by atoms with E-state index in [1.54, 1.807) is 0 Å². The van der Waals surface area contributed by atoms with Crippen LogP contribution in [0.1, 0.15) is 40.0 Å². The molecule has 0 unspecified atom stereocenters. The Kier molecular flexibility index (Phi) is 2.37. The number of hydrogen-bond acceptors (Lipinski definition) is 1. The molecule has 11 heavy (non-hydrogen) atoms. The fourth-order valence-corrected chi connectivity index (χ4v) is 3.90. The van der Waals surface area contributed by atoms with Crippen molar-refractivity contribution in [2.24, 2.45) is 5.41 Å². The molecule has 0 heterocycles. The molecule has 0 amide bonds. The fraction of sp³-hybridized carbons (Fsp3) is 1.00. The Hall–Kier alpha value is 0.440. The first kappa shape index (κ1) is 9.53. The molecule has 1 aliphatic carbocycles. The second kappa shape index (κ2) is 2.74. The SMILES string of the molecule is CC1(C)C[C@@H](Br)C[C@](C)(O)C1. The third kappa shape index (κ3) is 2.75. The molecule has 0 radical (unpaired) electrons. The minimum atomic E-state index is -0.462. The van der Waals surface area contributed by atoms with Crippen LogP contribution < -0.4 is 0 Å². The molecule has 0 saturated heterocycles. The predicted molar refractivity (Wildman–Crippen MR) is 51.0 cm³/mol. The standard InChI is InChI=1S/C9H17BrO/c1-8(2)4-7(10)5-9(3,11)6-8/h7,11H,4-6H2,1-3H3/t7-,9+/m1/s1. The average Bonchev–Trinajstić information content (AvgIpc) is 1.49. The van der Waals surface area contributed by atoms with E-state index in [2.05, 4.69) is 29.8 Å². The molecule has 0 aliphatic heterocycles. The van der Waals surface area contributed by atoms with E-state index in [9.17, 15) is 5.11 Å². The zero-order valence-corrected chi connectivity index (χ0v) is 9.11. The summed E-state index contributed by atoms with van der Waals surface area (Å²) in [4.78, 5) is 0.487. The topological polar surface area (TPSA) is 20.2 Å². The first-order valence-electron chi connectivity index (χ1n) is 4.17. The Labute approximate surface area is 77.3 Å². The molecule has 0 spiro atoms. The van der Waals surface area contributed by atoms with Gasteiger partial charge in [0.05, 0.1) is 5.60 Å². The van der Waals surface area contributed by atoms with E-state index >= 15 is 0 Å². The molecule has 1 N–H and O–H groups in total. The van der Waals surface area contributed by atoms with Gasteiger partial charge < -0.3 is 5.11 Å². The molecule has 0 aromatic rings. The van der Waals surface area contributed by atoms with E-state index in [4.69, 9.17) is 0 Å². The van der Waals surface area contributed by atoms with Gasteiger partial charge in [-0.1, -0.05) is 29.8 Å². The highest BCUT2D eigenvalue weighted by atomic mass is 79.9. The summed E-state index contributed by atoms with van der Waals surface area (Å²) >= 11 is 3.58. The lowest BCUT2D eigenvalue weighted by molar-refractivity contribution is -0.0194. The quantitative estimate of drug-likeness (QED) is 0.623. The third-order valence-electron chi connectivity index (χ3n) is 2.29. The van der Waals surface area contributed by atoms with Crippen LogP contribution in [0.15, 0.2) is 0 Å². The largest absolute Gasteiger partial charge is 0.390 e. The molecule has 0 aromatic heterocycles. The number of halogens is 1. The average molecular weight is 221 g/mol. The Morgan fingerprint density at radius 1 is 1.27 bits per heavy atom. The van der Waals surface area contributed by atoms with Crippen molar-refractivity contribution in [2.45, 2.75) is 50.5 Å². The fourth-order valence-electron chi connectivity index (χ4n) is 2.32. The summed E-state index contributed by atoms with van der Waals surface area (Å²) in [5.74, 6) is 0. The van der Waals surface area contributed by atoms with Gasteiger partial charge in [0, 0.05) is 4.83 Å². The zero-order chi connectivity index (χ0) is 8.70. The number of aliphatic hydroxyl groups is 1. The van der Waals surface area contributed by atoms with Crippen molar-refractivity contribution in [1.29, 1.82) is 0 Å². The first-order valence-corrected chi connectivity index (χ1v) is 5.09. The molecule has 66 valence electrons. The molecular formula is C9H17BrO. The van der Waals surface area contributed by atoms with Gasteiger partial charge in [-0.3, -0.25) is 0 Å². The normalized spacial score (nSPS) is 43.9. The van der Waals surface area contributed by atoms with E-state index in [-0.39, 0.29) is 5.41 Å². The van der Waals surface area contributed by atoms with Crippen LogP contribution in [0.4, 0.5) is 0 Å². The Morgan fingerprint density at radius 2 is 1.82 bits per heavy atom. The van der Waals surface area contributed by atoms with E-state index in [0.29, 0.717) is 4.83 Å². The highest BCUT2D eigenvalue weighted by Gasteiger charge is 2.38. The maximum atomic E-state index is 9.85. The third-order valence-corrected chi connectivity index (χ3v) is 2.94. The summed E-state index contributed by atoms with van der Waals surface area (Å²) in [5, 5.41) is 9.85. The second-order valence-corrected chi connectivity index (χ2v) is 6.14. The molecule has 0 aromatic carbocycles. The van der Waals surface area contributed by atoms with E-state index < -0.39 is 5.60 Å². The van der Waals surface area contributed by atoms with Gasteiger partial charge in [-0.05, 0) is 31.6 Å². The molecule has 1 nitrogen and oxygen atoms in total. The van der Waals surface area contributed by atoms with Crippen LogP contribution in [0.3, 0.4) is 0 Å². The zero-order valence-electron chi connectivity index (χ0n) is 7.52. The van der Waals surface area contributed by atoms with Gasteiger partial charge in [-0.2, -0.15) is 0 Å². The highest BCUT2D eigenvalue weighted by Crippen LogP contribution is 2.43. The van der Waals surface area contributed by atoms with Crippen LogP contribution in [0.5, 0.6) is 0 Å². The smallest absolute Gasteiger partial charge is 0.0635 e. The Balaban J connectivity index is 2.66. The summed E-state index contributed by atoms with van der Waals surface area (Å²) in [6, 6.07) is 0. The molecule has 2 atom stereocenters. The molecule has 1 saturated carbocycles. The van der Waals surface area contributed by atoms with E-state index in [1.807, 2.05) is 6.92 Å². The van der Waals surface area contributed by atoms with Crippen LogP contribution in [0, 0.1) is 5.41 Å². The molecule has 0 bridgehead atoms. The number of rotatable bonds is 0. The molecule has 2 heteroatoms. The van der Waals surface area contributed by atoms with Gasteiger partial charge in [0.25, 0.3) is 0 Å². The Bertz CT molecular complexity index is 136. The van der Waals surface area contributed by atoms with Crippen molar-refractivity contribution < 1.29 is 5.11 Å². The van der Waals surface area contributed by atoms with Gasteiger partial charge in [-0.15, -0.1) is 0 Å². The maximum Gasteiger partial charge on any atom is 0.0635 e. The molecule has 1 rings (SSSR count). The molecular weight excluding hydrogens is 204 g/mol. The minimum absolute atomic E-state index is 0.288. The van der Waals surface area contributed by atoms with Crippen molar-refractivity contribution in [3.8, 4) is 0 Å². The van der Waals surface area contributed by atoms with Crippen molar-refractivity contribution in [3.63, 3.8) is 0 Å². The van der Waals surface area contributed by atoms with Crippen LogP contribution in [0.25, 0.3) is 0 Å². The second-order valence-electron chi connectivity index (χ2n) is 4.84. The van der Waals surface area contributed by atoms with Crippen molar-refractivity contribution in [1.82, 2.24) is 0 Å². The summed E-state index contributed by atoms with van der Waals surface area (Å²) in [5.41, 5.74) is -0.175. The number of hydrogen-bond donors (Lipinski definition) is 1. The Morgan fingerprint density at radius 3 is 2.18 bits per heavy atom. The maximum absolute atomic E-state index is 9.85. The minimum Gasteiger partial charge on any atom is -0.390 e. The van der Waals surface area contributed by atoms with Gasteiger partial charge in [0.15, 0.2) is 0 Å². The lowest BCUT2D eigenvalue weighted by Gasteiger charge is -2.41. The van der Waals surface area contributed by atoms with Gasteiger partial charge in [0.2, 0.25) is 0 Å².